The molecule has 4 heteroatoms. The van der Waals surface area contributed by atoms with Gasteiger partial charge in [-0.2, -0.15) is 0 Å². The zero-order valence-corrected chi connectivity index (χ0v) is 7.61. The van der Waals surface area contributed by atoms with Crippen molar-refractivity contribution in [2.45, 2.75) is 43.7 Å². The lowest BCUT2D eigenvalue weighted by Gasteiger charge is -2.44. The Bertz CT molecular complexity index is 176. The lowest BCUT2D eigenvalue weighted by atomic mass is 9.93. The molecule has 0 amide bonds. The average Bonchev–Trinajstić information content (AvgIpc) is 2.14. The van der Waals surface area contributed by atoms with Crippen molar-refractivity contribution in [1.82, 2.24) is 0 Å². The van der Waals surface area contributed by atoms with Crippen molar-refractivity contribution in [3.63, 3.8) is 0 Å². The molecule has 2 rings (SSSR count). The molecule has 0 aliphatic carbocycles. The molecule has 2 N–H and O–H groups in total. The minimum Gasteiger partial charge on any atom is -0.391 e. The maximum absolute atomic E-state index is 9.74. The van der Waals surface area contributed by atoms with Gasteiger partial charge in [-0.15, -0.1) is 0 Å². The monoisotopic (exact) mass is 188 g/mol. The normalized spacial score (nSPS) is 46.6. The molecule has 0 radical (unpaired) electrons. The standard InChI is InChI=1S/C9H16O4/c10-7-5-8(11)9(13-6-7)3-1-2-4-12-9/h7-8,10-11H,1-6H2/t7-,8+,9+/m1/s1. The molecule has 2 aliphatic heterocycles. The van der Waals surface area contributed by atoms with Crippen molar-refractivity contribution < 1.29 is 19.7 Å². The second kappa shape index (κ2) is 3.53. The SMILES string of the molecule is O[C@H]1CO[C@@]2(CCCCO2)[C@@H](O)C1. The average molecular weight is 188 g/mol. The van der Waals surface area contributed by atoms with E-state index >= 15 is 0 Å². The minimum absolute atomic E-state index is 0.275. The molecule has 2 aliphatic rings. The Morgan fingerprint density at radius 1 is 1.15 bits per heavy atom. The third-order valence-electron chi connectivity index (χ3n) is 2.79. The van der Waals surface area contributed by atoms with Gasteiger partial charge in [0.2, 0.25) is 0 Å². The molecule has 2 heterocycles. The molecule has 1 spiro atoms. The molecule has 4 nitrogen and oxygen atoms in total. The Hall–Kier alpha value is -0.160. The quantitative estimate of drug-likeness (QED) is 0.563. The molecule has 0 saturated carbocycles. The zero-order chi connectivity index (χ0) is 9.31. The fourth-order valence-electron chi connectivity index (χ4n) is 2.01. The van der Waals surface area contributed by atoms with Gasteiger partial charge in [0.15, 0.2) is 5.79 Å². The number of ether oxygens (including phenoxy) is 2. The summed E-state index contributed by atoms with van der Waals surface area (Å²) >= 11 is 0. The van der Waals surface area contributed by atoms with Crippen molar-refractivity contribution in [2.24, 2.45) is 0 Å². The highest BCUT2D eigenvalue weighted by molar-refractivity contribution is 4.87. The highest BCUT2D eigenvalue weighted by Gasteiger charge is 2.45. The molecule has 0 aromatic rings. The van der Waals surface area contributed by atoms with Crippen molar-refractivity contribution >= 4 is 0 Å². The maximum atomic E-state index is 9.74. The Kier molecular flexibility index (Phi) is 2.55. The van der Waals surface area contributed by atoms with E-state index < -0.39 is 18.0 Å². The predicted octanol–water partition coefficient (Wildman–Crippen LogP) is 0.0253. The lowest BCUT2D eigenvalue weighted by molar-refractivity contribution is -0.327. The van der Waals surface area contributed by atoms with Crippen LogP contribution in [0.25, 0.3) is 0 Å². The van der Waals surface area contributed by atoms with Gasteiger partial charge in [0.05, 0.1) is 19.3 Å². The first kappa shape index (κ1) is 9.40. The van der Waals surface area contributed by atoms with E-state index in [2.05, 4.69) is 0 Å². The third kappa shape index (κ3) is 1.72. The van der Waals surface area contributed by atoms with Crippen LogP contribution >= 0.6 is 0 Å². The molecule has 0 bridgehead atoms. The van der Waals surface area contributed by atoms with Gasteiger partial charge in [-0.3, -0.25) is 0 Å². The van der Waals surface area contributed by atoms with E-state index in [0.717, 1.165) is 19.3 Å². The van der Waals surface area contributed by atoms with E-state index in [1.54, 1.807) is 0 Å². The first-order valence-electron chi connectivity index (χ1n) is 4.87. The Labute approximate surface area is 77.5 Å². The van der Waals surface area contributed by atoms with Crippen LogP contribution < -0.4 is 0 Å². The molecule has 3 atom stereocenters. The summed E-state index contributed by atoms with van der Waals surface area (Å²) < 4.78 is 10.9. The summed E-state index contributed by atoms with van der Waals surface area (Å²) in [6.07, 6.45) is 1.91. The molecule has 2 fully saturated rings. The van der Waals surface area contributed by atoms with Gasteiger partial charge < -0.3 is 19.7 Å². The van der Waals surface area contributed by atoms with E-state index in [1.807, 2.05) is 0 Å². The number of aliphatic hydroxyl groups is 2. The van der Waals surface area contributed by atoms with Crippen LogP contribution in [0.3, 0.4) is 0 Å². The van der Waals surface area contributed by atoms with Crippen LogP contribution in [0.2, 0.25) is 0 Å². The van der Waals surface area contributed by atoms with Crippen LogP contribution in [0.1, 0.15) is 25.7 Å². The van der Waals surface area contributed by atoms with Crippen molar-refractivity contribution in [1.29, 1.82) is 0 Å². The second-order valence-corrected chi connectivity index (χ2v) is 3.83. The first-order valence-corrected chi connectivity index (χ1v) is 4.87. The van der Waals surface area contributed by atoms with Gasteiger partial charge in [0.25, 0.3) is 0 Å². The van der Waals surface area contributed by atoms with Crippen LogP contribution in [0.15, 0.2) is 0 Å². The van der Waals surface area contributed by atoms with Gasteiger partial charge in [0.1, 0.15) is 6.10 Å². The van der Waals surface area contributed by atoms with Gasteiger partial charge in [-0.25, -0.2) is 0 Å². The summed E-state index contributed by atoms with van der Waals surface area (Å²) in [4.78, 5) is 0. The Balaban J connectivity index is 2.03. The second-order valence-electron chi connectivity index (χ2n) is 3.83. The van der Waals surface area contributed by atoms with Gasteiger partial charge in [-0.1, -0.05) is 0 Å². The summed E-state index contributed by atoms with van der Waals surface area (Å²) in [6.45, 7) is 0.921. The smallest absolute Gasteiger partial charge is 0.194 e. The molecule has 2 saturated heterocycles. The minimum atomic E-state index is -0.808. The summed E-state index contributed by atoms with van der Waals surface area (Å²) in [6, 6.07) is 0. The Morgan fingerprint density at radius 3 is 2.62 bits per heavy atom. The van der Waals surface area contributed by atoms with Crippen LogP contribution in [-0.2, 0) is 9.47 Å². The van der Waals surface area contributed by atoms with E-state index in [1.165, 1.54) is 0 Å². The molecule has 0 aromatic carbocycles. The topological polar surface area (TPSA) is 58.9 Å². The first-order chi connectivity index (χ1) is 6.23. The molecule has 76 valence electrons. The summed E-state index contributed by atoms with van der Waals surface area (Å²) in [5.74, 6) is -0.808. The largest absolute Gasteiger partial charge is 0.391 e. The number of rotatable bonds is 0. The maximum Gasteiger partial charge on any atom is 0.194 e. The molecular weight excluding hydrogens is 172 g/mol. The van der Waals surface area contributed by atoms with Gasteiger partial charge in [-0.05, 0) is 12.8 Å². The summed E-state index contributed by atoms with van der Waals surface area (Å²) in [5.41, 5.74) is 0. The fraction of sp³-hybridized carbons (Fsp3) is 1.00. The summed E-state index contributed by atoms with van der Waals surface area (Å²) in [7, 11) is 0. The third-order valence-corrected chi connectivity index (χ3v) is 2.79. The van der Waals surface area contributed by atoms with Crippen LogP contribution in [0, 0.1) is 0 Å². The van der Waals surface area contributed by atoms with Crippen LogP contribution in [0.4, 0.5) is 0 Å². The molecule has 0 unspecified atom stereocenters. The number of aliphatic hydroxyl groups excluding tert-OH is 2. The Morgan fingerprint density at radius 2 is 2.00 bits per heavy atom. The lowest BCUT2D eigenvalue weighted by Crippen LogP contribution is -2.55. The highest BCUT2D eigenvalue weighted by atomic mass is 16.7. The predicted molar refractivity (Wildman–Crippen MR) is 45.1 cm³/mol. The number of hydrogen-bond acceptors (Lipinski definition) is 4. The van der Waals surface area contributed by atoms with Gasteiger partial charge in [0, 0.05) is 12.8 Å². The van der Waals surface area contributed by atoms with Gasteiger partial charge >= 0.3 is 0 Å². The van der Waals surface area contributed by atoms with E-state index in [9.17, 15) is 10.2 Å². The number of hydrogen-bond donors (Lipinski definition) is 2. The fourth-order valence-corrected chi connectivity index (χ4v) is 2.01. The molecule has 13 heavy (non-hydrogen) atoms. The van der Waals surface area contributed by atoms with Crippen LogP contribution in [-0.4, -0.2) is 41.4 Å². The zero-order valence-electron chi connectivity index (χ0n) is 7.61. The molecular formula is C9H16O4. The van der Waals surface area contributed by atoms with E-state index in [4.69, 9.17) is 9.47 Å². The van der Waals surface area contributed by atoms with Crippen molar-refractivity contribution in [3.8, 4) is 0 Å². The summed E-state index contributed by atoms with van der Waals surface area (Å²) in [5, 5.41) is 19.0. The molecule has 0 aromatic heterocycles. The van der Waals surface area contributed by atoms with Crippen molar-refractivity contribution in [3.05, 3.63) is 0 Å². The van der Waals surface area contributed by atoms with E-state index in [-0.39, 0.29) is 6.61 Å². The van der Waals surface area contributed by atoms with E-state index in [0.29, 0.717) is 13.0 Å². The highest BCUT2D eigenvalue weighted by Crippen LogP contribution is 2.34. The van der Waals surface area contributed by atoms with Crippen LogP contribution in [0.5, 0.6) is 0 Å². The van der Waals surface area contributed by atoms with Crippen molar-refractivity contribution in [2.75, 3.05) is 13.2 Å².